The Morgan fingerprint density at radius 1 is 1.06 bits per heavy atom. The molecule has 1 aliphatic carbocycles. The summed E-state index contributed by atoms with van der Waals surface area (Å²) >= 11 is 0. The van der Waals surface area contributed by atoms with Gasteiger partial charge >= 0.3 is 0 Å². The van der Waals surface area contributed by atoms with Crippen LogP contribution in [0, 0.1) is 0 Å². The minimum atomic E-state index is -0.482. The van der Waals surface area contributed by atoms with Crippen molar-refractivity contribution in [2.45, 2.75) is 63.5 Å². The number of nitrogens with zero attached hydrogens (tertiary/aromatic N) is 4. The highest BCUT2D eigenvalue weighted by atomic mass is 16.3. The zero-order chi connectivity index (χ0) is 23.3. The molecular formula is C29H34N4O. The van der Waals surface area contributed by atoms with Crippen LogP contribution in [0.4, 0.5) is 11.5 Å². The molecule has 3 heterocycles. The molecule has 1 N–H and O–H groups in total. The predicted molar refractivity (Wildman–Crippen MR) is 135 cm³/mol. The maximum atomic E-state index is 10.7. The molecule has 0 amide bonds. The number of aryl methyl sites for hydroxylation is 1. The van der Waals surface area contributed by atoms with Gasteiger partial charge in [-0.15, -0.1) is 0 Å². The summed E-state index contributed by atoms with van der Waals surface area (Å²) in [7, 11) is 0. The van der Waals surface area contributed by atoms with Gasteiger partial charge in [0.05, 0.1) is 6.10 Å². The maximum Gasteiger partial charge on any atom is 0.140 e. The third kappa shape index (κ3) is 3.53. The van der Waals surface area contributed by atoms with E-state index in [1.165, 1.54) is 28.1 Å². The summed E-state index contributed by atoms with van der Waals surface area (Å²) in [5, 5.41) is 10.7. The second-order valence-corrected chi connectivity index (χ2v) is 10.5. The van der Waals surface area contributed by atoms with E-state index in [-0.39, 0.29) is 5.41 Å². The standard InChI is InChI=1S/C29H34N4O/c1-20-11-12-24-26(20)28(31-19-30-24)33-18-29(27-23(21(2)34)9-6-10-25(27)33)13-15-32(16-14-29)17-22-7-4-3-5-8-22/h3-10,19-21,34H,11-18H2,1-2H3/t20-,21?/m1/s1. The molecule has 1 unspecified atom stereocenters. The molecule has 2 atom stereocenters. The fraction of sp³-hybridized carbons (Fsp3) is 0.448. The van der Waals surface area contributed by atoms with Gasteiger partial charge in [0.15, 0.2) is 0 Å². The Kier molecular flexibility index (Phi) is 5.42. The van der Waals surface area contributed by atoms with E-state index in [0.717, 1.165) is 63.2 Å². The van der Waals surface area contributed by atoms with Crippen LogP contribution in [-0.2, 0) is 18.4 Å². The number of piperidine rings is 1. The van der Waals surface area contributed by atoms with Crippen LogP contribution < -0.4 is 4.90 Å². The zero-order valence-electron chi connectivity index (χ0n) is 20.2. The minimum Gasteiger partial charge on any atom is -0.389 e. The van der Waals surface area contributed by atoms with Gasteiger partial charge in [0.1, 0.15) is 12.1 Å². The van der Waals surface area contributed by atoms with E-state index < -0.39 is 6.10 Å². The first-order chi connectivity index (χ1) is 16.6. The number of aliphatic hydroxyl groups is 1. The van der Waals surface area contributed by atoms with Crippen molar-refractivity contribution in [3.05, 3.63) is 82.8 Å². The third-order valence-electron chi connectivity index (χ3n) is 8.38. The lowest BCUT2D eigenvalue weighted by molar-refractivity contribution is 0.155. The Labute approximate surface area is 202 Å². The Hall–Kier alpha value is -2.76. The summed E-state index contributed by atoms with van der Waals surface area (Å²) in [6, 6.07) is 17.2. The van der Waals surface area contributed by atoms with Gasteiger partial charge in [0.25, 0.3) is 0 Å². The molecule has 5 nitrogen and oxygen atoms in total. The molecule has 1 saturated heterocycles. The van der Waals surface area contributed by atoms with Crippen molar-refractivity contribution in [3.8, 4) is 0 Å². The van der Waals surface area contributed by atoms with Crippen molar-refractivity contribution in [3.63, 3.8) is 0 Å². The average Bonchev–Trinajstić information content (AvgIpc) is 3.40. The number of aromatic nitrogens is 2. The van der Waals surface area contributed by atoms with E-state index in [4.69, 9.17) is 4.98 Å². The topological polar surface area (TPSA) is 52.5 Å². The van der Waals surface area contributed by atoms with E-state index in [1.54, 1.807) is 6.33 Å². The van der Waals surface area contributed by atoms with Crippen LogP contribution in [0.5, 0.6) is 0 Å². The molecule has 6 rings (SSSR count). The van der Waals surface area contributed by atoms with Crippen molar-refractivity contribution >= 4 is 11.5 Å². The van der Waals surface area contributed by atoms with Crippen molar-refractivity contribution in [1.29, 1.82) is 0 Å². The zero-order valence-corrected chi connectivity index (χ0v) is 20.2. The van der Waals surface area contributed by atoms with Crippen LogP contribution in [0.15, 0.2) is 54.9 Å². The summed E-state index contributed by atoms with van der Waals surface area (Å²) in [4.78, 5) is 14.5. The molecule has 1 aromatic heterocycles. The molecule has 5 heteroatoms. The number of benzene rings is 2. The van der Waals surface area contributed by atoms with Crippen LogP contribution >= 0.6 is 0 Å². The molecule has 2 aromatic carbocycles. The molecule has 2 aliphatic heterocycles. The summed E-state index contributed by atoms with van der Waals surface area (Å²) < 4.78 is 0. The molecule has 0 radical (unpaired) electrons. The first kappa shape index (κ1) is 21.8. The molecule has 34 heavy (non-hydrogen) atoms. The largest absolute Gasteiger partial charge is 0.389 e. The van der Waals surface area contributed by atoms with Gasteiger partial charge in [-0.2, -0.15) is 0 Å². The number of hydrogen-bond donors (Lipinski definition) is 1. The molecule has 1 fully saturated rings. The maximum absolute atomic E-state index is 10.7. The van der Waals surface area contributed by atoms with Gasteiger partial charge in [-0.1, -0.05) is 49.4 Å². The molecule has 176 valence electrons. The van der Waals surface area contributed by atoms with Crippen molar-refractivity contribution in [2.24, 2.45) is 0 Å². The van der Waals surface area contributed by atoms with Gasteiger partial charge < -0.3 is 10.0 Å². The lowest BCUT2D eigenvalue weighted by atomic mass is 9.72. The van der Waals surface area contributed by atoms with Gasteiger partial charge in [0.2, 0.25) is 0 Å². The van der Waals surface area contributed by atoms with E-state index >= 15 is 0 Å². The summed E-state index contributed by atoms with van der Waals surface area (Å²) in [6.07, 6.45) is 5.64. The second kappa shape index (κ2) is 8.47. The number of likely N-dealkylation sites (tertiary alicyclic amines) is 1. The number of aliphatic hydroxyl groups excluding tert-OH is 1. The van der Waals surface area contributed by atoms with Crippen LogP contribution in [0.2, 0.25) is 0 Å². The lowest BCUT2D eigenvalue weighted by Gasteiger charge is -2.41. The van der Waals surface area contributed by atoms with E-state index in [2.05, 4.69) is 70.2 Å². The summed E-state index contributed by atoms with van der Waals surface area (Å²) in [6.45, 7) is 8.27. The molecule has 3 aromatic rings. The molecular weight excluding hydrogens is 420 g/mol. The van der Waals surface area contributed by atoms with E-state index in [1.807, 2.05) is 6.92 Å². The molecule has 0 saturated carbocycles. The van der Waals surface area contributed by atoms with Gasteiger partial charge in [-0.3, -0.25) is 4.90 Å². The molecule has 0 bridgehead atoms. The first-order valence-corrected chi connectivity index (χ1v) is 12.7. The Morgan fingerprint density at radius 2 is 1.85 bits per heavy atom. The predicted octanol–water partition coefficient (Wildman–Crippen LogP) is 5.27. The fourth-order valence-electron chi connectivity index (χ4n) is 6.59. The highest BCUT2D eigenvalue weighted by Crippen LogP contribution is 2.53. The number of fused-ring (bicyclic) bond motifs is 3. The Balaban J connectivity index is 1.37. The highest BCUT2D eigenvalue weighted by Gasteiger charge is 2.48. The third-order valence-corrected chi connectivity index (χ3v) is 8.38. The van der Waals surface area contributed by atoms with E-state index in [0.29, 0.717) is 5.92 Å². The van der Waals surface area contributed by atoms with E-state index in [9.17, 15) is 5.11 Å². The summed E-state index contributed by atoms with van der Waals surface area (Å²) in [5.74, 6) is 1.57. The van der Waals surface area contributed by atoms with Crippen molar-refractivity contribution < 1.29 is 5.11 Å². The quantitative estimate of drug-likeness (QED) is 0.582. The number of rotatable bonds is 4. The Bertz CT molecular complexity index is 1180. The second-order valence-electron chi connectivity index (χ2n) is 10.5. The van der Waals surface area contributed by atoms with Gasteiger partial charge in [-0.05, 0) is 74.4 Å². The van der Waals surface area contributed by atoms with Crippen LogP contribution in [-0.4, -0.2) is 39.6 Å². The number of hydrogen-bond acceptors (Lipinski definition) is 5. The van der Waals surface area contributed by atoms with Crippen LogP contribution in [0.1, 0.15) is 73.1 Å². The normalized spacial score (nSPS) is 22.1. The molecule has 1 spiro atoms. The fourth-order valence-corrected chi connectivity index (χ4v) is 6.59. The minimum absolute atomic E-state index is 0.0375. The van der Waals surface area contributed by atoms with Gasteiger partial charge in [-0.25, -0.2) is 9.97 Å². The number of anilines is 2. The van der Waals surface area contributed by atoms with Crippen molar-refractivity contribution in [2.75, 3.05) is 24.5 Å². The van der Waals surface area contributed by atoms with Gasteiger partial charge in [0, 0.05) is 35.4 Å². The average molecular weight is 455 g/mol. The molecule has 3 aliphatic rings. The van der Waals surface area contributed by atoms with Crippen LogP contribution in [0.3, 0.4) is 0 Å². The lowest BCUT2D eigenvalue weighted by Crippen LogP contribution is -2.44. The van der Waals surface area contributed by atoms with Crippen LogP contribution in [0.25, 0.3) is 0 Å². The summed E-state index contributed by atoms with van der Waals surface area (Å²) in [5.41, 5.74) is 7.61. The first-order valence-electron chi connectivity index (χ1n) is 12.7. The highest BCUT2D eigenvalue weighted by molar-refractivity contribution is 5.75. The Morgan fingerprint density at radius 3 is 2.62 bits per heavy atom. The smallest absolute Gasteiger partial charge is 0.140 e. The van der Waals surface area contributed by atoms with Crippen molar-refractivity contribution in [1.82, 2.24) is 14.9 Å². The monoisotopic (exact) mass is 454 g/mol. The SMILES string of the molecule is CC(O)c1cccc2c1C1(CCN(Cc3ccccc3)CC1)CN2c1ncnc2c1[C@H](C)CC2.